The van der Waals surface area contributed by atoms with Gasteiger partial charge >= 0.3 is 0 Å². The summed E-state index contributed by atoms with van der Waals surface area (Å²) in [6.07, 6.45) is 8.26. The van der Waals surface area contributed by atoms with Gasteiger partial charge in [0.25, 0.3) is 0 Å². The van der Waals surface area contributed by atoms with Crippen molar-refractivity contribution in [3.63, 3.8) is 0 Å². The van der Waals surface area contributed by atoms with Gasteiger partial charge in [-0.2, -0.15) is 0 Å². The Morgan fingerprint density at radius 3 is 2.13 bits per heavy atom. The van der Waals surface area contributed by atoms with E-state index in [9.17, 15) is 0 Å². The first-order valence-electron chi connectivity index (χ1n) is 8.90. The van der Waals surface area contributed by atoms with Crippen molar-refractivity contribution in [1.82, 2.24) is 0 Å². The molecule has 23 heavy (non-hydrogen) atoms. The van der Waals surface area contributed by atoms with E-state index in [1.165, 1.54) is 49.7 Å². The van der Waals surface area contributed by atoms with Gasteiger partial charge < -0.3 is 11.5 Å². The van der Waals surface area contributed by atoms with Gasteiger partial charge in [0.05, 0.1) is 0 Å². The molecule has 1 saturated carbocycles. The highest BCUT2D eigenvalue weighted by Crippen LogP contribution is 2.34. The predicted molar refractivity (Wildman–Crippen MR) is 99.7 cm³/mol. The van der Waals surface area contributed by atoms with Crippen LogP contribution in [0.1, 0.15) is 74.0 Å². The van der Waals surface area contributed by atoms with E-state index in [-0.39, 0.29) is 0 Å². The van der Waals surface area contributed by atoms with E-state index in [0.717, 1.165) is 22.9 Å². The molecule has 2 nitrogen and oxygen atoms in total. The van der Waals surface area contributed by atoms with Gasteiger partial charge in [-0.15, -0.1) is 0 Å². The largest absolute Gasteiger partial charge is 0.399 e. The zero-order valence-corrected chi connectivity index (χ0v) is 14.1. The van der Waals surface area contributed by atoms with Crippen molar-refractivity contribution in [2.45, 2.75) is 57.3 Å². The van der Waals surface area contributed by atoms with Crippen molar-refractivity contribution in [2.75, 3.05) is 11.5 Å². The van der Waals surface area contributed by atoms with Gasteiger partial charge in [0.15, 0.2) is 0 Å². The maximum Gasteiger partial charge on any atom is 0.0373 e. The lowest BCUT2D eigenvalue weighted by Crippen LogP contribution is -2.03. The molecule has 0 saturated heterocycles. The van der Waals surface area contributed by atoms with Crippen LogP contribution in [-0.4, -0.2) is 0 Å². The van der Waals surface area contributed by atoms with E-state index in [0.29, 0.717) is 5.92 Å². The topological polar surface area (TPSA) is 52.0 Å². The minimum Gasteiger partial charge on any atom is -0.399 e. The summed E-state index contributed by atoms with van der Waals surface area (Å²) in [7, 11) is 0. The fourth-order valence-corrected chi connectivity index (χ4v) is 3.84. The quantitative estimate of drug-likeness (QED) is 0.586. The van der Waals surface area contributed by atoms with Crippen LogP contribution in [0, 0.1) is 0 Å². The lowest BCUT2D eigenvalue weighted by Gasteiger charge is -2.18. The molecular formula is C21H28N2. The Balaban J connectivity index is 1.78. The molecule has 1 aliphatic carbocycles. The molecule has 0 heterocycles. The molecule has 0 spiro atoms. The van der Waals surface area contributed by atoms with E-state index in [1.807, 2.05) is 12.1 Å². The summed E-state index contributed by atoms with van der Waals surface area (Å²) in [5.41, 5.74) is 17.4. The number of nitrogens with two attached hydrogens (primary N) is 2. The summed E-state index contributed by atoms with van der Waals surface area (Å²) < 4.78 is 0. The van der Waals surface area contributed by atoms with Crippen LogP contribution >= 0.6 is 0 Å². The standard InChI is InChI=1S/C21H28N2/c1-15(20-13-12-19(22)14-21(20)23)16-8-10-18(11-9-16)17-6-4-2-3-5-7-17/h8-15,17H,2-7,22-23H2,1H3. The van der Waals surface area contributed by atoms with Crippen molar-refractivity contribution in [2.24, 2.45) is 0 Å². The molecule has 3 rings (SSSR count). The molecule has 4 N–H and O–H groups in total. The van der Waals surface area contributed by atoms with Crippen LogP contribution in [0.2, 0.25) is 0 Å². The Bertz CT molecular complexity index is 637. The Hall–Kier alpha value is -1.96. The summed E-state index contributed by atoms with van der Waals surface area (Å²) in [5.74, 6) is 1.04. The molecule has 0 radical (unpaired) electrons. The van der Waals surface area contributed by atoms with Gasteiger partial charge in [-0.3, -0.25) is 0 Å². The molecule has 0 bridgehead atoms. The van der Waals surface area contributed by atoms with E-state index in [1.54, 1.807) is 0 Å². The Kier molecular flexibility index (Phi) is 4.90. The van der Waals surface area contributed by atoms with Crippen molar-refractivity contribution >= 4 is 11.4 Å². The summed E-state index contributed by atoms with van der Waals surface area (Å²) in [6.45, 7) is 2.21. The molecule has 1 fully saturated rings. The number of hydrogen-bond acceptors (Lipinski definition) is 2. The first-order chi connectivity index (χ1) is 11.1. The second kappa shape index (κ2) is 7.08. The van der Waals surface area contributed by atoms with Crippen LogP contribution < -0.4 is 11.5 Å². The highest BCUT2D eigenvalue weighted by molar-refractivity contribution is 5.59. The molecule has 1 unspecified atom stereocenters. The average molecular weight is 308 g/mol. The Morgan fingerprint density at radius 2 is 1.52 bits per heavy atom. The summed E-state index contributed by atoms with van der Waals surface area (Å²) in [6, 6.07) is 15.0. The zero-order chi connectivity index (χ0) is 16.2. The fourth-order valence-electron chi connectivity index (χ4n) is 3.84. The maximum absolute atomic E-state index is 6.14. The molecule has 0 aliphatic heterocycles. The number of nitrogen functional groups attached to an aromatic ring is 2. The molecule has 2 aromatic carbocycles. The second-order valence-corrected chi connectivity index (χ2v) is 6.97. The van der Waals surface area contributed by atoms with E-state index >= 15 is 0 Å². The first kappa shape index (κ1) is 15.9. The highest BCUT2D eigenvalue weighted by Gasteiger charge is 2.16. The summed E-state index contributed by atoms with van der Waals surface area (Å²) in [5, 5.41) is 0. The summed E-state index contributed by atoms with van der Waals surface area (Å²) in [4.78, 5) is 0. The highest BCUT2D eigenvalue weighted by atomic mass is 14.6. The third-order valence-corrected chi connectivity index (χ3v) is 5.34. The maximum atomic E-state index is 6.14. The molecule has 2 heteroatoms. The van der Waals surface area contributed by atoms with Crippen molar-refractivity contribution < 1.29 is 0 Å². The molecule has 1 atom stereocenters. The van der Waals surface area contributed by atoms with Crippen molar-refractivity contribution in [3.05, 3.63) is 59.2 Å². The number of anilines is 2. The minimum absolute atomic E-state index is 0.291. The fraction of sp³-hybridized carbons (Fsp3) is 0.429. The number of rotatable bonds is 3. The second-order valence-electron chi connectivity index (χ2n) is 6.97. The van der Waals surface area contributed by atoms with E-state index in [2.05, 4.69) is 37.3 Å². The minimum atomic E-state index is 0.291. The molecular weight excluding hydrogens is 280 g/mol. The predicted octanol–water partition coefficient (Wildman–Crippen LogP) is 5.44. The average Bonchev–Trinajstić information content (AvgIpc) is 2.84. The first-order valence-corrected chi connectivity index (χ1v) is 8.90. The number of hydrogen-bond donors (Lipinski definition) is 2. The van der Waals surface area contributed by atoms with Gasteiger partial charge in [-0.05, 0) is 47.6 Å². The van der Waals surface area contributed by atoms with Crippen LogP contribution in [0.3, 0.4) is 0 Å². The van der Waals surface area contributed by atoms with Crippen molar-refractivity contribution in [1.29, 1.82) is 0 Å². The normalized spacial score (nSPS) is 17.6. The monoisotopic (exact) mass is 308 g/mol. The zero-order valence-electron chi connectivity index (χ0n) is 14.1. The van der Waals surface area contributed by atoms with Gasteiger partial charge in [0, 0.05) is 17.3 Å². The SMILES string of the molecule is CC(c1ccc(C2CCCCCC2)cc1)c1ccc(N)cc1N. The van der Waals surface area contributed by atoms with Gasteiger partial charge in [0.1, 0.15) is 0 Å². The van der Waals surface area contributed by atoms with Crippen LogP contribution in [-0.2, 0) is 0 Å². The molecule has 2 aromatic rings. The molecule has 0 aromatic heterocycles. The van der Waals surface area contributed by atoms with Crippen molar-refractivity contribution in [3.8, 4) is 0 Å². The summed E-state index contributed by atoms with van der Waals surface area (Å²) >= 11 is 0. The third-order valence-electron chi connectivity index (χ3n) is 5.34. The van der Waals surface area contributed by atoms with Gasteiger partial charge in [0.2, 0.25) is 0 Å². The van der Waals surface area contributed by atoms with Gasteiger partial charge in [-0.25, -0.2) is 0 Å². The number of benzene rings is 2. The lowest BCUT2D eigenvalue weighted by molar-refractivity contribution is 0.592. The van der Waals surface area contributed by atoms with E-state index in [4.69, 9.17) is 11.5 Å². The van der Waals surface area contributed by atoms with Gasteiger partial charge in [-0.1, -0.05) is 62.9 Å². The van der Waals surface area contributed by atoms with E-state index < -0.39 is 0 Å². The smallest absolute Gasteiger partial charge is 0.0373 e. The third kappa shape index (κ3) is 3.69. The Morgan fingerprint density at radius 1 is 0.870 bits per heavy atom. The lowest BCUT2D eigenvalue weighted by atomic mass is 9.87. The molecule has 0 amide bonds. The van der Waals surface area contributed by atoms with Crippen LogP contribution in [0.15, 0.2) is 42.5 Å². The molecule has 122 valence electrons. The van der Waals surface area contributed by atoms with Crippen LogP contribution in [0.4, 0.5) is 11.4 Å². The Labute approximate surface area is 139 Å². The van der Waals surface area contributed by atoms with Crippen LogP contribution in [0.25, 0.3) is 0 Å². The van der Waals surface area contributed by atoms with Crippen LogP contribution in [0.5, 0.6) is 0 Å². The molecule has 1 aliphatic rings.